The summed E-state index contributed by atoms with van der Waals surface area (Å²) in [5.74, 6) is 3.17. The number of aliphatic hydroxyl groups is 1. The van der Waals surface area contributed by atoms with Gasteiger partial charge in [0, 0.05) is 38.3 Å². The molecule has 2 saturated heterocycles. The lowest BCUT2D eigenvalue weighted by molar-refractivity contribution is -0.137. The molecule has 0 bridgehead atoms. The van der Waals surface area contributed by atoms with Crippen LogP contribution in [0, 0.1) is 17.8 Å². The predicted molar refractivity (Wildman–Crippen MR) is 99.3 cm³/mol. The van der Waals surface area contributed by atoms with Crippen LogP contribution >= 0.6 is 0 Å². The first-order valence-corrected chi connectivity index (χ1v) is 10.3. The van der Waals surface area contributed by atoms with E-state index in [1.807, 2.05) is 23.1 Å². The number of rotatable bonds is 3. The molecule has 0 aromatic heterocycles. The standard InChI is InChI=1S/C21H27NO6/c23-17-7-14-10-22(21(24)13-3-5-25-6-4-13)11-15(14)8-19(17)28-16-1-2-18-20(9-16)27-12-26-18/h1-2,9,13-15,17,19,23H,3-8,10-12H2/t14-,15+,17+,19+/m0/s1. The first-order valence-electron chi connectivity index (χ1n) is 10.3. The third-order valence-electron chi connectivity index (χ3n) is 6.60. The minimum absolute atomic E-state index is 0.0968. The van der Waals surface area contributed by atoms with E-state index in [1.54, 1.807) is 0 Å². The van der Waals surface area contributed by atoms with Crippen LogP contribution in [0.1, 0.15) is 25.7 Å². The van der Waals surface area contributed by atoms with Gasteiger partial charge in [-0.1, -0.05) is 0 Å². The summed E-state index contributed by atoms with van der Waals surface area (Å²) >= 11 is 0. The number of amides is 1. The van der Waals surface area contributed by atoms with Crippen LogP contribution in [0.2, 0.25) is 0 Å². The number of ether oxygens (including phenoxy) is 4. The van der Waals surface area contributed by atoms with Crippen molar-refractivity contribution in [1.29, 1.82) is 0 Å². The smallest absolute Gasteiger partial charge is 0.231 e. The number of hydrogen-bond donors (Lipinski definition) is 1. The molecule has 3 aliphatic heterocycles. The van der Waals surface area contributed by atoms with Crippen molar-refractivity contribution in [3.8, 4) is 17.2 Å². The zero-order valence-electron chi connectivity index (χ0n) is 15.9. The molecule has 1 N–H and O–H groups in total. The highest BCUT2D eigenvalue weighted by atomic mass is 16.7. The Bertz CT molecular complexity index is 734. The van der Waals surface area contributed by atoms with Crippen LogP contribution in [0.5, 0.6) is 17.2 Å². The van der Waals surface area contributed by atoms with Crippen molar-refractivity contribution in [3.63, 3.8) is 0 Å². The summed E-state index contributed by atoms with van der Waals surface area (Å²) in [5.41, 5.74) is 0. The van der Waals surface area contributed by atoms with Crippen molar-refractivity contribution in [2.45, 2.75) is 37.9 Å². The first-order chi connectivity index (χ1) is 13.7. The van der Waals surface area contributed by atoms with Gasteiger partial charge in [-0.05, 0) is 49.7 Å². The van der Waals surface area contributed by atoms with Crippen LogP contribution in [0.15, 0.2) is 18.2 Å². The minimum atomic E-state index is -0.523. The third-order valence-corrected chi connectivity index (χ3v) is 6.60. The lowest BCUT2D eigenvalue weighted by atomic mass is 9.78. The van der Waals surface area contributed by atoms with Crippen LogP contribution in [0.25, 0.3) is 0 Å². The van der Waals surface area contributed by atoms with E-state index in [0.717, 1.165) is 38.1 Å². The Kier molecular flexibility index (Phi) is 4.80. The zero-order valence-corrected chi connectivity index (χ0v) is 15.9. The Morgan fingerprint density at radius 3 is 2.64 bits per heavy atom. The number of likely N-dealkylation sites (tertiary alicyclic amines) is 1. The Morgan fingerprint density at radius 2 is 1.82 bits per heavy atom. The molecule has 0 spiro atoms. The second kappa shape index (κ2) is 7.44. The summed E-state index contributed by atoms with van der Waals surface area (Å²) in [4.78, 5) is 14.9. The molecular weight excluding hydrogens is 362 g/mol. The van der Waals surface area contributed by atoms with E-state index in [1.165, 1.54) is 0 Å². The van der Waals surface area contributed by atoms with Crippen molar-refractivity contribution < 1.29 is 28.8 Å². The van der Waals surface area contributed by atoms with Crippen LogP contribution in [-0.4, -0.2) is 61.2 Å². The molecule has 152 valence electrons. The monoisotopic (exact) mass is 389 g/mol. The van der Waals surface area contributed by atoms with Gasteiger partial charge in [0.2, 0.25) is 12.7 Å². The molecule has 1 aromatic rings. The molecule has 3 fully saturated rings. The third kappa shape index (κ3) is 3.42. The van der Waals surface area contributed by atoms with E-state index in [2.05, 4.69) is 0 Å². The van der Waals surface area contributed by atoms with Gasteiger partial charge in [-0.15, -0.1) is 0 Å². The molecule has 0 radical (unpaired) electrons. The van der Waals surface area contributed by atoms with Gasteiger partial charge < -0.3 is 29.0 Å². The van der Waals surface area contributed by atoms with Crippen LogP contribution in [0.4, 0.5) is 0 Å². The summed E-state index contributed by atoms with van der Waals surface area (Å²) in [7, 11) is 0. The summed E-state index contributed by atoms with van der Waals surface area (Å²) in [6.07, 6.45) is 2.30. The predicted octanol–water partition coefficient (Wildman–Crippen LogP) is 1.82. The number of carbonyl (C=O) groups excluding carboxylic acids is 1. The average Bonchev–Trinajstić information content (AvgIpc) is 3.34. The maximum absolute atomic E-state index is 12.9. The van der Waals surface area contributed by atoms with Crippen LogP contribution in [0.3, 0.4) is 0 Å². The number of fused-ring (bicyclic) bond motifs is 2. The fraction of sp³-hybridized carbons (Fsp3) is 0.667. The van der Waals surface area contributed by atoms with Crippen molar-refractivity contribution in [2.75, 3.05) is 33.1 Å². The minimum Gasteiger partial charge on any atom is -0.488 e. The first kappa shape index (κ1) is 18.1. The van der Waals surface area contributed by atoms with Crippen molar-refractivity contribution in [2.24, 2.45) is 17.8 Å². The highest BCUT2D eigenvalue weighted by Gasteiger charge is 2.44. The van der Waals surface area contributed by atoms with Gasteiger partial charge in [-0.25, -0.2) is 0 Å². The Labute approximate surface area is 164 Å². The van der Waals surface area contributed by atoms with E-state index < -0.39 is 6.10 Å². The van der Waals surface area contributed by atoms with Gasteiger partial charge in [-0.2, -0.15) is 0 Å². The molecule has 4 aliphatic rings. The normalized spacial score (nSPS) is 32.2. The molecule has 5 rings (SSSR count). The summed E-state index contributed by atoms with van der Waals surface area (Å²) in [6.45, 7) is 3.12. The van der Waals surface area contributed by atoms with E-state index in [-0.39, 0.29) is 24.7 Å². The van der Waals surface area contributed by atoms with Gasteiger partial charge in [0.1, 0.15) is 11.9 Å². The molecule has 3 heterocycles. The van der Waals surface area contributed by atoms with Gasteiger partial charge >= 0.3 is 0 Å². The number of nitrogens with zero attached hydrogens (tertiary/aromatic N) is 1. The van der Waals surface area contributed by atoms with E-state index in [4.69, 9.17) is 18.9 Å². The highest BCUT2D eigenvalue weighted by Crippen LogP contribution is 2.40. The number of aliphatic hydroxyl groups excluding tert-OH is 1. The van der Waals surface area contributed by atoms with Crippen molar-refractivity contribution >= 4 is 5.91 Å². The summed E-state index contributed by atoms with van der Waals surface area (Å²) < 4.78 is 22.2. The molecule has 7 nitrogen and oxygen atoms in total. The van der Waals surface area contributed by atoms with Gasteiger partial charge in [0.25, 0.3) is 0 Å². The van der Waals surface area contributed by atoms with E-state index in [9.17, 15) is 9.90 Å². The molecule has 1 saturated carbocycles. The number of benzene rings is 1. The summed E-state index contributed by atoms with van der Waals surface area (Å²) in [6, 6.07) is 5.50. The molecular formula is C21H27NO6. The number of hydrogen-bond acceptors (Lipinski definition) is 6. The van der Waals surface area contributed by atoms with Crippen molar-refractivity contribution in [3.05, 3.63) is 18.2 Å². The molecule has 0 unspecified atom stereocenters. The van der Waals surface area contributed by atoms with Crippen LogP contribution in [-0.2, 0) is 9.53 Å². The largest absolute Gasteiger partial charge is 0.488 e. The van der Waals surface area contributed by atoms with Crippen LogP contribution < -0.4 is 14.2 Å². The lowest BCUT2D eigenvalue weighted by Crippen LogP contribution is -2.42. The Hall–Kier alpha value is -1.99. The maximum atomic E-state index is 12.9. The summed E-state index contributed by atoms with van der Waals surface area (Å²) in [5, 5.41) is 10.6. The molecule has 28 heavy (non-hydrogen) atoms. The second-order valence-electron chi connectivity index (χ2n) is 8.36. The maximum Gasteiger partial charge on any atom is 0.231 e. The second-order valence-corrected chi connectivity index (χ2v) is 8.36. The van der Waals surface area contributed by atoms with Gasteiger partial charge in [0.15, 0.2) is 11.5 Å². The topological polar surface area (TPSA) is 77.5 Å². The Morgan fingerprint density at radius 1 is 1.07 bits per heavy atom. The van der Waals surface area contributed by atoms with Gasteiger partial charge in [0.05, 0.1) is 6.10 Å². The van der Waals surface area contributed by atoms with Crippen molar-refractivity contribution in [1.82, 2.24) is 4.90 Å². The average molecular weight is 389 g/mol. The molecule has 7 heteroatoms. The molecule has 4 atom stereocenters. The lowest BCUT2D eigenvalue weighted by Gasteiger charge is -2.35. The zero-order chi connectivity index (χ0) is 19.1. The van der Waals surface area contributed by atoms with E-state index >= 15 is 0 Å². The van der Waals surface area contributed by atoms with Gasteiger partial charge in [-0.3, -0.25) is 4.79 Å². The quantitative estimate of drug-likeness (QED) is 0.850. The molecule has 1 aliphatic carbocycles. The fourth-order valence-electron chi connectivity index (χ4n) is 5.02. The fourth-order valence-corrected chi connectivity index (χ4v) is 5.02. The number of carbonyl (C=O) groups is 1. The SMILES string of the molecule is O=C(C1CCOCC1)N1C[C@H]2C[C@@H](Oc3ccc4c(c3)OCO4)[C@H](O)C[C@H]2C1. The highest BCUT2D eigenvalue weighted by molar-refractivity contribution is 5.79. The molecule has 1 aromatic carbocycles. The molecule has 1 amide bonds. The van der Waals surface area contributed by atoms with E-state index in [0.29, 0.717) is 43.0 Å². The Balaban J connectivity index is 1.22.